The first kappa shape index (κ1) is 22.7. The molecule has 0 saturated heterocycles. The van der Waals surface area contributed by atoms with Gasteiger partial charge in [-0.2, -0.15) is 5.10 Å². The Morgan fingerprint density at radius 1 is 1.38 bits per heavy atom. The number of likely N-dealkylation sites (N-methyl/N-ethyl adjacent to an activating group) is 1. The number of aromatic nitrogens is 2. The van der Waals surface area contributed by atoms with Crippen molar-refractivity contribution in [3.8, 4) is 0 Å². The molecule has 0 bridgehead atoms. The Kier molecular flexibility index (Phi) is 10.7. The molecule has 0 aliphatic rings. The van der Waals surface area contributed by atoms with Crippen molar-refractivity contribution in [2.24, 2.45) is 18.0 Å². The molecular formula is C16H31IN6O. The van der Waals surface area contributed by atoms with Crippen molar-refractivity contribution in [3.05, 3.63) is 17.5 Å². The van der Waals surface area contributed by atoms with Crippen LogP contribution in [0.2, 0.25) is 0 Å². The normalized spacial score (nSPS) is 11.2. The van der Waals surface area contributed by atoms with Crippen LogP contribution in [-0.4, -0.2) is 53.7 Å². The summed E-state index contributed by atoms with van der Waals surface area (Å²) in [6.07, 6.45) is 2.88. The Bertz CT molecular complexity index is 539. The van der Waals surface area contributed by atoms with Crippen LogP contribution in [0.15, 0.2) is 11.2 Å². The summed E-state index contributed by atoms with van der Waals surface area (Å²) < 4.78 is 1.81. The van der Waals surface area contributed by atoms with Crippen molar-refractivity contribution in [2.45, 2.75) is 33.7 Å². The third-order valence-corrected chi connectivity index (χ3v) is 3.32. The van der Waals surface area contributed by atoms with E-state index in [0.717, 1.165) is 24.2 Å². The Morgan fingerprint density at radius 3 is 2.58 bits per heavy atom. The number of aryl methyl sites for hydroxylation is 2. The Balaban J connectivity index is 0.00000529. The van der Waals surface area contributed by atoms with E-state index in [-0.39, 0.29) is 36.4 Å². The van der Waals surface area contributed by atoms with Crippen LogP contribution in [0.1, 0.15) is 32.0 Å². The van der Waals surface area contributed by atoms with Gasteiger partial charge >= 0.3 is 0 Å². The summed E-state index contributed by atoms with van der Waals surface area (Å²) in [7, 11) is 5.40. The van der Waals surface area contributed by atoms with Crippen molar-refractivity contribution >= 4 is 35.8 Å². The van der Waals surface area contributed by atoms with E-state index in [1.54, 1.807) is 19.0 Å². The first-order valence-corrected chi connectivity index (χ1v) is 8.07. The number of guanidine groups is 1. The highest BCUT2D eigenvalue weighted by Crippen LogP contribution is 2.08. The molecule has 0 spiro atoms. The maximum absolute atomic E-state index is 11.7. The van der Waals surface area contributed by atoms with Crippen LogP contribution in [0.4, 0.5) is 0 Å². The summed E-state index contributed by atoms with van der Waals surface area (Å²) in [5.74, 6) is 1.16. The molecule has 0 saturated carbocycles. The predicted octanol–water partition coefficient (Wildman–Crippen LogP) is 1.38. The molecule has 1 aromatic rings. The van der Waals surface area contributed by atoms with E-state index in [1.165, 1.54) is 0 Å². The van der Waals surface area contributed by atoms with Gasteiger partial charge in [0.05, 0.1) is 18.8 Å². The van der Waals surface area contributed by atoms with Gasteiger partial charge in [0.25, 0.3) is 0 Å². The van der Waals surface area contributed by atoms with Gasteiger partial charge in [0, 0.05) is 39.4 Å². The lowest BCUT2D eigenvalue weighted by molar-refractivity contribution is -0.127. The van der Waals surface area contributed by atoms with Crippen LogP contribution < -0.4 is 10.6 Å². The monoisotopic (exact) mass is 450 g/mol. The van der Waals surface area contributed by atoms with Crippen LogP contribution in [0.25, 0.3) is 0 Å². The third-order valence-electron chi connectivity index (χ3n) is 3.32. The lowest BCUT2D eigenvalue weighted by atomic mass is 10.2. The number of nitrogens with zero attached hydrogens (tertiary/aromatic N) is 4. The molecule has 138 valence electrons. The fraction of sp³-hybridized carbons (Fsp3) is 0.688. The second kappa shape index (κ2) is 11.3. The number of rotatable bonds is 7. The van der Waals surface area contributed by atoms with E-state index in [0.29, 0.717) is 18.4 Å². The van der Waals surface area contributed by atoms with Gasteiger partial charge in [0.1, 0.15) is 0 Å². The molecule has 0 fully saturated rings. The number of carbonyl (C=O) groups excluding carboxylic acids is 1. The molecule has 1 heterocycles. The zero-order valence-electron chi connectivity index (χ0n) is 15.6. The smallest absolute Gasteiger partial charge is 0.241 e. The first-order chi connectivity index (χ1) is 10.8. The predicted molar refractivity (Wildman–Crippen MR) is 109 cm³/mol. The molecule has 0 atom stereocenters. The molecule has 1 rings (SSSR count). The zero-order chi connectivity index (χ0) is 17.4. The number of nitrogens with one attached hydrogen (secondary N) is 2. The number of carbonyl (C=O) groups is 1. The topological polar surface area (TPSA) is 74.5 Å². The molecule has 0 aliphatic heterocycles. The van der Waals surface area contributed by atoms with Crippen LogP contribution in [0, 0.1) is 5.92 Å². The molecule has 8 heteroatoms. The molecule has 2 N–H and O–H groups in total. The standard InChI is InChI=1S/C16H30N6O.HI/c1-7-14-13(11-22(6)20-14)9-18-16(17-8-12(2)3)19-10-15(23)21(4)5;/h11-12H,7-10H2,1-6H3,(H2,17,18,19);1H. The van der Waals surface area contributed by atoms with Gasteiger partial charge in [-0.05, 0) is 12.3 Å². The molecule has 0 aromatic carbocycles. The van der Waals surface area contributed by atoms with Crippen molar-refractivity contribution in [3.63, 3.8) is 0 Å². The van der Waals surface area contributed by atoms with Gasteiger partial charge in [-0.25, -0.2) is 4.99 Å². The van der Waals surface area contributed by atoms with Crippen LogP contribution in [0.3, 0.4) is 0 Å². The summed E-state index contributed by atoms with van der Waals surface area (Å²) in [6, 6.07) is 0. The maximum atomic E-state index is 11.7. The SMILES string of the molecule is CCc1nn(C)cc1CN=C(NCC(=O)N(C)C)NCC(C)C.I. The summed E-state index contributed by atoms with van der Waals surface area (Å²) in [5.41, 5.74) is 2.17. The first-order valence-electron chi connectivity index (χ1n) is 8.07. The van der Waals surface area contributed by atoms with Gasteiger partial charge in [-0.15, -0.1) is 24.0 Å². The van der Waals surface area contributed by atoms with E-state index >= 15 is 0 Å². The average Bonchev–Trinajstić information content (AvgIpc) is 2.85. The van der Waals surface area contributed by atoms with Crippen LogP contribution in [-0.2, 0) is 24.8 Å². The van der Waals surface area contributed by atoms with E-state index in [1.807, 2.05) is 17.9 Å². The van der Waals surface area contributed by atoms with E-state index < -0.39 is 0 Å². The van der Waals surface area contributed by atoms with E-state index in [4.69, 9.17) is 0 Å². The summed E-state index contributed by atoms with van der Waals surface area (Å²) in [5, 5.41) is 10.8. The van der Waals surface area contributed by atoms with Gasteiger partial charge in [0.15, 0.2) is 5.96 Å². The largest absolute Gasteiger partial charge is 0.356 e. The molecule has 0 radical (unpaired) electrons. The molecule has 0 unspecified atom stereocenters. The minimum Gasteiger partial charge on any atom is -0.356 e. The minimum atomic E-state index is 0. The fourth-order valence-corrected chi connectivity index (χ4v) is 1.97. The minimum absolute atomic E-state index is 0. The summed E-state index contributed by atoms with van der Waals surface area (Å²) in [6.45, 7) is 7.92. The van der Waals surface area contributed by atoms with Crippen molar-refractivity contribution in [2.75, 3.05) is 27.2 Å². The van der Waals surface area contributed by atoms with Gasteiger partial charge in [0.2, 0.25) is 5.91 Å². The zero-order valence-corrected chi connectivity index (χ0v) is 17.9. The quantitative estimate of drug-likeness (QED) is 0.374. The lowest BCUT2D eigenvalue weighted by Crippen LogP contribution is -2.44. The van der Waals surface area contributed by atoms with Crippen molar-refractivity contribution < 1.29 is 4.79 Å². The second-order valence-electron chi connectivity index (χ2n) is 6.21. The molecule has 1 aromatic heterocycles. The molecule has 7 nitrogen and oxygen atoms in total. The Hall–Kier alpha value is -1.32. The highest BCUT2D eigenvalue weighted by Gasteiger charge is 2.08. The molecule has 24 heavy (non-hydrogen) atoms. The summed E-state index contributed by atoms with van der Waals surface area (Å²) >= 11 is 0. The highest BCUT2D eigenvalue weighted by atomic mass is 127. The second-order valence-corrected chi connectivity index (χ2v) is 6.21. The number of hydrogen-bond acceptors (Lipinski definition) is 3. The average molecular weight is 450 g/mol. The molecule has 1 amide bonds. The number of halogens is 1. The van der Waals surface area contributed by atoms with Crippen LogP contribution >= 0.6 is 24.0 Å². The van der Waals surface area contributed by atoms with E-state index in [2.05, 4.69) is 41.5 Å². The number of amides is 1. The van der Waals surface area contributed by atoms with Crippen molar-refractivity contribution in [1.82, 2.24) is 25.3 Å². The Morgan fingerprint density at radius 2 is 2.04 bits per heavy atom. The maximum Gasteiger partial charge on any atom is 0.241 e. The third kappa shape index (κ3) is 7.98. The summed E-state index contributed by atoms with van der Waals surface area (Å²) in [4.78, 5) is 17.9. The van der Waals surface area contributed by atoms with Gasteiger partial charge < -0.3 is 15.5 Å². The highest BCUT2D eigenvalue weighted by molar-refractivity contribution is 14.0. The number of hydrogen-bond donors (Lipinski definition) is 2. The van der Waals surface area contributed by atoms with E-state index in [9.17, 15) is 4.79 Å². The van der Waals surface area contributed by atoms with Crippen molar-refractivity contribution in [1.29, 1.82) is 0 Å². The molecule has 0 aliphatic carbocycles. The lowest BCUT2D eigenvalue weighted by Gasteiger charge is -2.16. The number of aliphatic imine (C=N–C) groups is 1. The fourth-order valence-electron chi connectivity index (χ4n) is 1.97. The van der Waals surface area contributed by atoms with Crippen LogP contribution in [0.5, 0.6) is 0 Å². The van der Waals surface area contributed by atoms with Gasteiger partial charge in [-0.1, -0.05) is 20.8 Å². The molecular weight excluding hydrogens is 419 g/mol. The van der Waals surface area contributed by atoms with Gasteiger partial charge in [-0.3, -0.25) is 9.48 Å². The Labute approximate surface area is 162 Å².